The highest BCUT2D eigenvalue weighted by atomic mass is 16.2. The summed E-state index contributed by atoms with van der Waals surface area (Å²) in [5.74, 6) is 0.785. The molecule has 2 aliphatic heterocycles. The van der Waals surface area contributed by atoms with Crippen molar-refractivity contribution in [2.45, 2.75) is 25.2 Å². The predicted molar refractivity (Wildman–Crippen MR) is 102 cm³/mol. The van der Waals surface area contributed by atoms with Crippen LogP contribution in [0.2, 0.25) is 0 Å². The summed E-state index contributed by atoms with van der Waals surface area (Å²) in [5, 5.41) is 0. The molecule has 2 aromatic heterocycles. The number of likely N-dealkylation sites (tertiary alicyclic amines) is 2. The molecule has 7 nitrogen and oxygen atoms in total. The van der Waals surface area contributed by atoms with Crippen LogP contribution in [0.25, 0.3) is 0 Å². The minimum atomic E-state index is -0.550. The fraction of sp³-hybridized carbons (Fsp3) is 0.524. The molecule has 0 aromatic carbocycles. The number of aromatic nitrogens is 3. The summed E-state index contributed by atoms with van der Waals surface area (Å²) < 4.78 is 1.91. The molecule has 5 rings (SSSR count). The zero-order valence-corrected chi connectivity index (χ0v) is 16.1. The van der Waals surface area contributed by atoms with Crippen LogP contribution in [0.1, 0.15) is 41.2 Å². The quantitative estimate of drug-likeness (QED) is 0.810. The second-order valence-corrected chi connectivity index (χ2v) is 8.54. The molecule has 2 aromatic rings. The zero-order valence-electron chi connectivity index (χ0n) is 16.1. The van der Waals surface area contributed by atoms with Crippen molar-refractivity contribution < 1.29 is 9.59 Å². The molecule has 1 aliphatic carbocycles. The standard InChI is InChI=1S/C21H25N5O2/c1-24-12-18(23-14-24)17-11-26(19(27)16-4-7-22-8-5-16)13-21(17)6-9-25(20(21)28)10-15-2-3-15/h4-5,7-8,12,14-15,17H,2-3,6,9-11,13H2,1H3/t17-,21+/m0/s1. The maximum absolute atomic E-state index is 13.5. The van der Waals surface area contributed by atoms with Gasteiger partial charge in [-0.2, -0.15) is 0 Å². The third-order valence-electron chi connectivity index (χ3n) is 6.56. The van der Waals surface area contributed by atoms with Crippen molar-refractivity contribution in [3.63, 3.8) is 0 Å². The molecular formula is C21H25N5O2. The smallest absolute Gasteiger partial charge is 0.254 e. The van der Waals surface area contributed by atoms with Crippen LogP contribution in [-0.2, 0) is 11.8 Å². The third kappa shape index (κ3) is 2.80. The molecule has 2 atom stereocenters. The first-order chi connectivity index (χ1) is 13.6. The van der Waals surface area contributed by atoms with Gasteiger partial charge in [-0.3, -0.25) is 14.6 Å². The second-order valence-electron chi connectivity index (χ2n) is 8.54. The molecule has 146 valence electrons. The number of hydrogen-bond acceptors (Lipinski definition) is 4. The zero-order chi connectivity index (χ0) is 19.3. The Hall–Kier alpha value is -2.70. The topological polar surface area (TPSA) is 71.3 Å². The Bertz CT molecular complexity index is 907. The van der Waals surface area contributed by atoms with Gasteiger partial charge in [0.05, 0.1) is 17.4 Å². The third-order valence-corrected chi connectivity index (χ3v) is 6.56. The van der Waals surface area contributed by atoms with E-state index in [1.165, 1.54) is 12.8 Å². The first-order valence-electron chi connectivity index (χ1n) is 10.0. The number of amides is 2. The van der Waals surface area contributed by atoms with Crippen LogP contribution in [0.3, 0.4) is 0 Å². The molecule has 0 radical (unpaired) electrons. The van der Waals surface area contributed by atoms with Gasteiger partial charge in [-0.15, -0.1) is 0 Å². The van der Waals surface area contributed by atoms with E-state index in [0.29, 0.717) is 24.6 Å². The highest BCUT2D eigenvalue weighted by Crippen LogP contribution is 2.50. The van der Waals surface area contributed by atoms with Crippen molar-refractivity contribution >= 4 is 11.8 Å². The monoisotopic (exact) mass is 379 g/mol. The number of carbonyl (C=O) groups is 2. The van der Waals surface area contributed by atoms with Gasteiger partial charge in [0.15, 0.2) is 0 Å². The van der Waals surface area contributed by atoms with Crippen LogP contribution in [0.15, 0.2) is 37.1 Å². The van der Waals surface area contributed by atoms with Gasteiger partial charge in [0.1, 0.15) is 0 Å². The molecule has 1 saturated carbocycles. The highest BCUT2D eigenvalue weighted by Gasteiger charge is 2.59. The number of hydrogen-bond donors (Lipinski definition) is 0. The van der Waals surface area contributed by atoms with Crippen LogP contribution in [0.5, 0.6) is 0 Å². The summed E-state index contributed by atoms with van der Waals surface area (Å²) in [6, 6.07) is 3.47. The lowest BCUT2D eigenvalue weighted by Gasteiger charge is -2.27. The fourth-order valence-corrected chi connectivity index (χ4v) is 4.85. The summed E-state index contributed by atoms with van der Waals surface area (Å²) in [4.78, 5) is 39.1. The Morgan fingerprint density at radius 3 is 2.75 bits per heavy atom. The molecule has 1 spiro atoms. The van der Waals surface area contributed by atoms with Crippen LogP contribution >= 0.6 is 0 Å². The summed E-state index contributed by atoms with van der Waals surface area (Å²) in [5.41, 5.74) is 0.979. The van der Waals surface area contributed by atoms with Crippen molar-refractivity contribution in [1.29, 1.82) is 0 Å². The Morgan fingerprint density at radius 2 is 2.07 bits per heavy atom. The molecule has 0 unspecified atom stereocenters. The number of carbonyl (C=O) groups excluding carboxylic acids is 2. The normalized spacial score (nSPS) is 27.2. The molecule has 4 heterocycles. The minimum absolute atomic E-state index is 0.0337. The number of pyridine rings is 1. The number of nitrogens with zero attached hydrogens (tertiary/aromatic N) is 5. The lowest BCUT2D eigenvalue weighted by molar-refractivity contribution is -0.136. The van der Waals surface area contributed by atoms with Gasteiger partial charge in [0.25, 0.3) is 5.91 Å². The van der Waals surface area contributed by atoms with Crippen molar-refractivity contribution in [2.75, 3.05) is 26.2 Å². The summed E-state index contributed by atoms with van der Waals surface area (Å²) in [7, 11) is 1.94. The van der Waals surface area contributed by atoms with Crippen molar-refractivity contribution in [1.82, 2.24) is 24.3 Å². The fourth-order valence-electron chi connectivity index (χ4n) is 4.85. The lowest BCUT2D eigenvalue weighted by Crippen LogP contribution is -2.41. The van der Waals surface area contributed by atoms with Gasteiger partial charge in [-0.25, -0.2) is 4.98 Å². The molecule has 28 heavy (non-hydrogen) atoms. The summed E-state index contributed by atoms with van der Waals surface area (Å²) >= 11 is 0. The van der Waals surface area contributed by atoms with E-state index in [4.69, 9.17) is 0 Å². The predicted octanol–water partition coefficient (Wildman–Crippen LogP) is 1.68. The minimum Gasteiger partial charge on any atom is -0.342 e. The van der Waals surface area contributed by atoms with Gasteiger partial charge in [0, 0.05) is 63.3 Å². The Kier molecular flexibility index (Phi) is 4.00. The van der Waals surface area contributed by atoms with Gasteiger partial charge in [-0.1, -0.05) is 0 Å². The van der Waals surface area contributed by atoms with Crippen LogP contribution in [0.4, 0.5) is 0 Å². The molecule has 2 saturated heterocycles. The molecular weight excluding hydrogens is 354 g/mol. The lowest BCUT2D eigenvalue weighted by atomic mass is 9.75. The Labute approximate surface area is 164 Å². The van der Waals surface area contributed by atoms with Crippen molar-refractivity contribution in [2.24, 2.45) is 18.4 Å². The van der Waals surface area contributed by atoms with Gasteiger partial charge >= 0.3 is 0 Å². The molecule has 3 aliphatic rings. The van der Waals surface area contributed by atoms with Crippen LogP contribution < -0.4 is 0 Å². The first kappa shape index (κ1) is 17.4. The molecule has 2 amide bonds. The number of aryl methyl sites for hydroxylation is 1. The molecule has 7 heteroatoms. The van der Waals surface area contributed by atoms with Crippen molar-refractivity contribution in [3.05, 3.63) is 48.3 Å². The van der Waals surface area contributed by atoms with E-state index in [2.05, 4.69) is 9.97 Å². The van der Waals surface area contributed by atoms with E-state index in [0.717, 1.165) is 25.2 Å². The largest absolute Gasteiger partial charge is 0.342 e. The van der Waals surface area contributed by atoms with Gasteiger partial charge in [0.2, 0.25) is 5.91 Å². The van der Waals surface area contributed by atoms with Crippen LogP contribution in [0, 0.1) is 11.3 Å². The second kappa shape index (κ2) is 6.43. The van der Waals surface area contributed by atoms with Crippen LogP contribution in [-0.4, -0.2) is 62.3 Å². The average molecular weight is 379 g/mol. The highest BCUT2D eigenvalue weighted by molar-refractivity contribution is 5.96. The van der Waals surface area contributed by atoms with Gasteiger partial charge < -0.3 is 14.4 Å². The van der Waals surface area contributed by atoms with E-state index >= 15 is 0 Å². The van der Waals surface area contributed by atoms with E-state index in [-0.39, 0.29) is 17.7 Å². The van der Waals surface area contributed by atoms with E-state index in [9.17, 15) is 9.59 Å². The SMILES string of the molecule is Cn1cnc([C@@H]2CN(C(=O)c3ccncc3)C[C@]23CCN(CC2CC2)C3=O)c1. The van der Waals surface area contributed by atoms with E-state index in [1.54, 1.807) is 30.9 Å². The summed E-state index contributed by atoms with van der Waals surface area (Å²) in [6.07, 6.45) is 10.3. The maximum atomic E-state index is 13.5. The first-order valence-corrected chi connectivity index (χ1v) is 10.0. The van der Waals surface area contributed by atoms with Gasteiger partial charge in [-0.05, 0) is 37.3 Å². The molecule has 0 bridgehead atoms. The van der Waals surface area contributed by atoms with E-state index < -0.39 is 5.41 Å². The molecule has 3 fully saturated rings. The van der Waals surface area contributed by atoms with Crippen molar-refractivity contribution in [3.8, 4) is 0 Å². The summed E-state index contributed by atoms with van der Waals surface area (Å²) in [6.45, 7) is 2.65. The molecule has 0 N–H and O–H groups in total. The number of imidazole rings is 1. The van der Waals surface area contributed by atoms with E-state index in [1.807, 2.05) is 27.6 Å². The Balaban J connectivity index is 1.47. The number of rotatable bonds is 4. The Morgan fingerprint density at radius 1 is 1.29 bits per heavy atom. The maximum Gasteiger partial charge on any atom is 0.254 e. The average Bonchev–Trinajstić information content (AvgIpc) is 3.16.